The van der Waals surface area contributed by atoms with Crippen LogP contribution in [-0.4, -0.2) is 39.8 Å². The van der Waals surface area contributed by atoms with E-state index in [0.29, 0.717) is 24.3 Å². The molecule has 0 bridgehead atoms. The van der Waals surface area contributed by atoms with Crippen LogP contribution < -0.4 is 9.54 Å². The number of amides is 1. The van der Waals surface area contributed by atoms with Crippen LogP contribution in [0.5, 0.6) is 0 Å². The van der Waals surface area contributed by atoms with Crippen molar-refractivity contribution in [3.05, 3.63) is 72.6 Å². The van der Waals surface area contributed by atoms with Gasteiger partial charge in [-0.3, -0.25) is 9.48 Å². The minimum atomic E-state index is -0.951. The molecule has 0 saturated carbocycles. The summed E-state index contributed by atoms with van der Waals surface area (Å²) in [6.07, 6.45) is 3.18. The number of benzene rings is 2. The van der Waals surface area contributed by atoms with E-state index < -0.39 is 6.17 Å². The Morgan fingerprint density at radius 3 is 2.48 bits per heavy atom. The number of carbonyl (C=O) groups is 1. The van der Waals surface area contributed by atoms with Crippen molar-refractivity contribution in [2.24, 2.45) is 0 Å². The zero-order valence-electron chi connectivity index (χ0n) is 16.7. The minimum Gasteiger partial charge on any atom is -0.338 e. The lowest BCUT2D eigenvalue weighted by molar-refractivity contribution is -0.131. The largest absolute Gasteiger partial charge is 0.338 e. The van der Waals surface area contributed by atoms with Crippen molar-refractivity contribution in [2.45, 2.75) is 19.1 Å². The Hall–Kier alpha value is -3.32. The Morgan fingerprint density at radius 2 is 1.81 bits per heavy atom. The molecule has 1 fully saturated rings. The summed E-state index contributed by atoms with van der Waals surface area (Å²) in [7, 11) is 0. The van der Waals surface area contributed by atoms with Gasteiger partial charge in [-0.05, 0) is 24.6 Å². The molecule has 1 aromatic heterocycles. The van der Waals surface area contributed by atoms with Crippen molar-refractivity contribution in [3.63, 3.8) is 0 Å². The first-order chi connectivity index (χ1) is 15.1. The number of aromatic nitrogens is 2. The van der Waals surface area contributed by atoms with Crippen molar-refractivity contribution in [1.82, 2.24) is 14.7 Å². The number of anilines is 2. The van der Waals surface area contributed by atoms with Crippen molar-refractivity contribution in [3.8, 4) is 11.3 Å². The molecule has 3 aromatic rings. The van der Waals surface area contributed by atoms with Gasteiger partial charge in [0.2, 0.25) is 5.91 Å². The van der Waals surface area contributed by atoms with Gasteiger partial charge in [0.15, 0.2) is 0 Å². The molecule has 0 spiro atoms. The summed E-state index contributed by atoms with van der Waals surface area (Å²) in [6.45, 7) is 0.615. The van der Waals surface area contributed by atoms with E-state index in [1.54, 1.807) is 9.58 Å². The number of para-hydroxylation sites is 1. The van der Waals surface area contributed by atoms with Crippen LogP contribution in [0.1, 0.15) is 12.1 Å². The van der Waals surface area contributed by atoms with Gasteiger partial charge in [-0.15, -0.1) is 0 Å². The first kappa shape index (κ1) is 19.6. The fourth-order valence-corrected chi connectivity index (χ4v) is 4.28. The van der Waals surface area contributed by atoms with Crippen LogP contribution in [0, 0.1) is 0 Å². The van der Waals surface area contributed by atoms with Gasteiger partial charge >= 0.3 is 0 Å². The molecule has 5 rings (SSSR count). The molecule has 2 aliphatic rings. The number of rotatable bonds is 4. The molecule has 1 atom stereocenters. The third-order valence-corrected chi connectivity index (χ3v) is 5.88. The molecule has 2 aromatic carbocycles. The summed E-state index contributed by atoms with van der Waals surface area (Å²) < 4.78 is 16.7. The second-order valence-electron chi connectivity index (χ2n) is 7.59. The number of nitrogens with zero attached hydrogens (tertiary/aromatic N) is 5. The van der Waals surface area contributed by atoms with Crippen LogP contribution in [0.2, 0.25) is 0 Å². The predicted molar refractivity (Wildman–Crippen MR) is 120 cm³/mol. The average Bonchev–Trinajstić information content (AvgIpc) is 3.40. The van der Waals surface area contributed by atoms with E-state index in [1.165, 1.54) is 4.53 Å². The summed E-state index contributed by atoms with van der Waals surface area (Å²) >= 11 is 6.81. The van der Waals surface area contributed by atoms with Gasteiger partial charge in [0.25, 0.3) is 0 Å². The van der Waals surface area contributed by atoms with Crippen LogP contribution in [0.3, 0.4) is 0 Å². The summed E-state index contributed by atoms with van der Waals surface area (Å²) in [6, 6.07) is 19.5. The Balaban J connectivity index is 1.54. The Kier molecular flexibility index (Phi) is 5.11. The SMILES string of the molecule is O=C(Cn1nc(-c2ccccc2)c2c1C=CN(c1ccccc1)N2Cl)N1CC[C@H](F)C1. The van der Waals surface area contributed by atoms with Gasteiger partial charge in [-0.25, -0.2) is 9.40 Å². The lowest BCUT2D eigenvalue weighted by atomic mass is 10.1. The highest BCUT2D eigenvalue weighted by molar-refractivity contribution is 6.28. The van der Waals surface area contributed by atoms with Crippen LogP contribution in [0.4, 0.5) is 15.8 Å². The van der Waals surface area contributed by atoms with Gasteiger partial charge in [0.05, 0.1) is 17.9 Å². The zero-order valence-corrected chi connectivity index (χ0v) is 17.5. The highest BCUT2D eigenvalue weighted by Gasteiger charge is 2.31. The van der Waals surface area contributed by atoms with Crippen LogP contribution in [-0.2, 0) is 11.3 Å². The molecular formula is C23H21ClFN5O. The summed E-state index contributed by atoms with van der Waals surface area (Å²) in [5, 5.41) is 6.56. The summed E-state index contributed by atoms with van der Waals surface area (Å²) in [4.78, 5) is 14.3. The van der Waals surface area contributed by atoms with E-state index in [4.69, 9.17) is 16.9 Å². The van der Waals surface area contributed by atoms with Gasteiger partial charge in [-0.2, -0.15) is 9.63 Å². The molecule has 8 heteroatoms. The standard InChI is InChI=1S/C23H21ClFN5O/c24-30-23-20(12-14-29(30)19-9-5-2-6-10-19)28(16-21(31)27-13-11-18(25)15-27)26-22(23)17-7-3-1-4-8-17/h1-10,12,14,18H,11,13,15-16H2/t18-/m0/s1. The van der Waals surface area contributed by atoms with E-state index in [2.05, 4.69) is 0 Å². The zero-order chi connectivity index (χ0) is 21.4. The molecule has 0 radical (unpaired) electrons. The maximum Gasteiger partial charge on any atom is 0.244 e. The lowest BCUT2D eigenvalue weighted by Gasteiger charge is -2.32. The second kappa shape index (κ2) is 8.07. The number of hydrogen-bond acceptors (Lipinski definition) is 4. The quantitative estimate of drug-likeness (QED) is 0.564. The number of fused-ring (bicyclic) bond motifs is 1. The van der Waals surface area contributed by atoms with Crippen LogP contribution in [0.25, 0.3) is 17.3 Å². The van der Waals surface area contributed by atoms with E-state index >= 15 is 0 Å². The number of hydrogen-bond donors (Lipinski definition) is 0. The summed E-state index contributed by atoms with van der Waals surface area (Å²) in [5.74, 6) is -0.148. The molecule has 6 nitrogen and oxygen atoms in total. The molecule has 2 aliphatic heterocycles. The number of likely N-dealkylation sites (tertiary alicyclic amines) is 1. The molecule has 3 heterocycles. The van der Waals surface area contributed by atoms with E-state index in [1.807, 2.05) is 77.9 Å². The van der Waals surface area contributed by atoms with Crippen molar-refractivity contribution >= 4 is 35.1 Å². The molecule has 31 heavy (non-hydrogen) atoms. The Bertz CT molecular complexity index is 1120. The van der Waals surface area contributed by atoms with E-state index in [0.717, 1.165) is 16.9 Å². The first-order valence-electron chi connectivity index (χ1n) is 10.2. The third-order valence-electron chi connectivity index (χ3n) is 5.55. The van der Waals surface area contributed by atoms with Gasteiger partial charge in [0.1, 0.15) is 24.1 Å². The molecular weight excluding hydrogens is 417 g/mol. The van der Waals surface area contributed by atoms with Crippen molar-refractivity contribution < 1.29 is 9.18 Å². The maximum absolute atomic E-state index is 13.6. The number of carbonyl (C=O) groups excluding carboxylic acids is 1. The smallest absolute Gasteiger partial charge is 0.244 e. The topological polar surface area (TPSA) is 44.6 Å². The van der Waals surface area contributed by atoms with Gasteiger partial charge < -0.3 is 4.90 Å². The van der Waals surface area contributed by atoms with E-state index in [9.17, 15) is 9.18 Å². The van der Waals surface area contributed by atoms with Gasteiger partial charge in [0, 0.05) is 30.1 Å². The molecule has 158 valence electrons. The highest BCUT2D eigenvalue weighted by Crippen LogP contribution is 2.40. The second-order valence-corrected chi connectivity index (χ2v) is 7.91. The Morgan fingerprint density at radius 1 is 1.10 bits per heavy atom. The molecule has 0 unspecified atom stereocenters. The van der Waals surface area contributed by atoms with Crippen molar-refractivity contribution in [2.75, 3.05) is 22.6 Å². The average molecular weight is 438 g/mol. The monoisotopic (exact) mass is 437 g/mol. The first-order valence-corrected chi connectivity index (χ1v) is 10.5. The predicted octanol–water partition coefficient (Wildman–Crippen LogP) is 4.49. The van der Waals surface area contributed by atoms with Crippen LogP contribution >= 0.6 is 11.8 Å². The van der Waals surface area contributed by atoms with Crippen LogP contribution in [0.15, 0.2) is 66.9 Å². The maximum atomic E-state index is 13.6. The normalized spacial score (nSPS) is 17.9. The number of halogens is 2. The fourth-order valence-electron chi connectivity index (χ4n) is 3.97. The Labute approximate surface area is 184 Å². The lowest BCUT2D eigenvalue weighted by Crippen LogP contribution is -2.35. The highest BCUT2D eigenvalue weighted by atomic mass is 35.5. The van der Waals surface area contributed by atoms with E-state index in [-0.39, 0.29) is 19.0 Å². The number of hydrazine groups is 1. The molecule has 1 amide bonds. The third kappa shape index (κ3) is 3.65. The minimum absolute atomic E-state index is 0.0301. The van der Waals surface area contributed by atoms with Gasteiger partial charge in [-0.1, -0.05) is 48.5 Å². The molecule has 1 saturated heterocycles. The molecule has 0 N–H and O–H groups in total. The number of alkyl halides is 1. The molecule has 0 aliphatic carbocycles. The van der Waals surface area contributed by atoms with Crippen molar-refractivity contribution in [1.29, 1.82) is 0 Å². The fraction of sp³-hybridized carbons (Fsp3) is 0.217. The summed E-state index contributed by atoms with van der Waals surface area (Å²) in [5.41, 5.74) is 3.88.